The summed E-state index contributed by atoms with van der Waals surface area (Å²) in [6.07, 6.45) is 2.94. The number of rotatable bonds is 8. The summed E-state index contributed by atoms with van der Waals surface area (Å²) in [6, 6.07) is 3.71. The van der Waals surface area contributed by atoms with Crippen LogP contribution in [-0.4, -0.2) is 50.6 Å². The highest BCUT2D eigenvalue weighted by atomic mass is 127. The molecule has 1 rings (SSSR count). The van der Waals surface area contributed by atoms with Crippen LogP contribution in [0.15, 0.2) is 22.5 Å². The SMILES string of the molecule is CN=C(NCCCNC(=O)c1cccs1)NCCSC.I. The Morgan fingerprint density at radius 1 is 1.29 bits per heavy atom. The van der Waals surface area contributed by atoms with Gasteiger partial charge in [-0.3, -0.25) is 9.79 Å². The third-order valence-corrected chi connectivity index (χ3v) is 3.98. The van der Waals surface area contributed by atoms with Crippen molar-refractivity contribution in [1.29, 1.82) is 0 Å². The minimum atomic E-state index is 0. The van der Waals surface area contributed by atoms with E-state index < -0.39 is 0 Å². The fraction of sp³-hybridized carbons (Fsp3) is 0.538. The molecular weight excluding hydrogens is 419 g/mol. The van der Waals surface area contributed by atoms with Crippen molar-refractivity contribution < 1.29 is 4.79 Å². The molecule has 0 atom stereocenters. The molecule has 1 amide bonds. The minimum absolute atomic E-state index is 0. The van der Waals surface area contributed by atoms with Crippen LogP contribution < -0.4 is 16.0 Å². The van der Waals surface area contributed by atoms with E-state index in [0.29, 0.717) is 6.54 Å². The van der Waals surface area contributed by atoms with E-state index in [1.54, 1.807) is 18.8 Å². The highest BCUT2D eigenvalue weighted by molar-refractivity contribution is 14.0. The van der Waals surface area contributed by atoms with Crippen molar-refractivity contribution in [3.05, 3.63) is 22.4 Å². The Labute approximate surface area is 151 Å². The van der Waals surface area contributed by atoms with Gasteiger partial charge in [-0.25, -0.2) is 0 Å². The van der Waals surface area contributed by atoms with Crippen LogP contribution in [0.3, 0.4) is 0 Å². The number of hydrogen-bond acceptors (Lipinski definition) is 4. The third-order valence-electron chi connectivity index (χ3n) is 2.50. The first-order valence-corrected chi connectivity index (χ1v) is 8.80. The summed E-state index contributed by atoms with van der Waals surface area (Å²) in [5.41, 5.74) is 0. The summed E-state index contributed by atoms with van der Waals surface area (Å²) in [6.45, 7) is 2.34. The quantitative estimate of drug-likeness (QED) is 0.250. The van der Waals surface area contributed by atoms with Crippen LogP contribution in [-0.2, 0) is 0 Å². The molecule has 21 heavy (non-hydrogen) atoms. The van der Waals surface area contributed by atoms with Gasteiger partial charge >= 0.3 is 0 Å². The molecule has 1 aromatic rings. The lowest BCUT2D eigenvalue weighted by Gasteiger charge is -2.11. The Kier molecular flexibility index (Phi) is 12.9. The van der Waals surface area contributed by atoms with Crippen molar-refractivity contribution in [3.63, 3.8) is 0 Å². The van der Waals surface area contributed by atoms with Crippen LogP contribution in [0.1, 0.15) is 16.1 Å². The van der Waals surface area contributed by atoms with Gasteiger partial charge in [0.1, 0.15) is 0 Å². The number of thiophene rings is 1. The number of carbonyl (C=O) groups is 1. The number of guanidine groups is 1. The van der Waals surface area contributed by atoms with Crippen LogP contribution in [0.2, 0.25) is 0 Å². The molecule has 0 unspecified atom stereocenters. The van der Waals surface area contributed by atoms with Gasteiger partial charge in [0.05, 0.1) is 4.88 Å². The lowest BCUT2D eigenvalue weighted by atomic mass is 10.4. The molecule has 0 radical (unpaired) electrons. The molecule has 0 bridgehead atoms. The van der Waals surface area contributed by atoms with Gasteiger partial charge in [0, 0.05) is 32.4 Å². The fourth-order valence-electron chi connectivity index (χ4n) is 1.48. The van der Waals surface area contributed by atoms with Gasteiger partial charge in [0.2, 0.25) is 0 Å². The maximum absolute atomic E-state index is 11.7. The number of thioether (sulfide) groups is 1. The molecule has 0 aliphatic heterocycles. The second-order valence-corrected chi connectivity index (χ2v) is 5.94. The normalized spacial score (nSPS) is 10.7. The molecule has 0 spiro atoms. The maximum Gasteiger partial charge on any atom is 0.261 e. The summed E-state index contributed by atoms with van der Waals surface area (Å²) in [5, 5.41) is 11.2. The van der Waals surface area contributed by atoms with E-state index in [1.165, 1.54) is 11.3 Å². The van der Waals surface area contributed by atoms with Gasteiger partial charge < -0.3 is 16.0 Å². The molecule has 1 heterocycles. The molecule has 3 N–H and O–H groups in total. The van der Waals surface area contributed by atoms with Crippen molar-refractivity contribution in [2.75, 3.05) is 38.7 Å². The van der Waals surface area contributed by atoms with Crippen LogP contribution >= 0.6 is 47.1 Å². The smallest absolute Gasteiger partial charge is 0.261 e. The molecule has 0 aliphatic rings. The molecule has 0 saturated heterocycles. The minimum Gasteiger partial charge on any atom is -0.356 e. The predicted molar refractivity (Wildman–Crippen MR) is 104 cm³/mol. The van der Waals surface area contributed by atoms with Gasteiger partial charge in [-0.2, -0.15) is 11.8 Å². The van der Waals surface area contributed by atoms with Crippen LogP contribution in [0.4, 0.5) is 0 Å². The molecule has 1 aromatic heterocycles. The molecule has 5 nitrogen and oxygen atoms in total. The Bertz CT molecular complexity index is 412. The zero-order valence-electron chi connectivity index (χ0n) is 12.3. The van der Waals surface area contributed by atoms with Crippen molar-refractivity contribution in [2.45, 2.75) is 6.42 Å². The number of halogens is 1. The van der Waals surface area contributed by atoms with E-state index in [4.69, 9.17) is 0 Å². The van der Waals surface area contributed by atoms with Crippen molar-refractivity contribution >= 4 is 58.9 Å². The second-order valence-electron chi connectivity index (χ2n) is 4.01. The zero-order valence-corrected chi connectivity index (χ0v) is 16.3. The summed E-state index contributed by atoms with van der Waals surface area (Å²) >= 11 is 3.25. The van der Waals surface area contributed by atoms with E-state index in [2.05, 4.69) is 27.2 Å². The number of hydrogen-bond donors (Lipinski definition) is 3. The van der Waals surface area contributed by atoms with E-state index >= 15 is 0 Å². The van der Waals surface area contributed by atoms with E-state index in [9.17, 15) is 4.79 Å². The Hall–Kier alpha value is -0.480. The molecule has 0 aromatic carbocycles. The first kappa shape index (κ1) is 20.5. The largest absolute Gasteiger partial charge is 0.356 e. The number of amides is 1. The lowest BCUT2D eigenvalue weighted by molar-refractivity contribution is 0.0957. The molecular formula is C13H23IN4OS2. The molecule has 0 fully saturated rings. The first-order valence-electron chi connectivity index (χ1n) is 6.53. The Morgan fingerprint density at radius 3 is 2.62 bits per heavy atom. The zero-order chi connectivity index (χ0) is 14.6. The average molecular weight is 442 g/mol. The van der Waals surface area contributed by atoms with E-state index in [-0.39, 0.29) is 29.9 Å². The van der Waals surface area contributed by atoms with Crippen LogP contribution in [0, 0.1) is 0 Å². The fourth-order valence-corrected chi connectivity index (χ4v) is 2.43. The molecule has 0 aliphatic carbocycles. The van der Waals surface area contributed by atoms with Gasteiger partial charge in [-0.1, -0.05) is 6.07 Å². The number of nitrogens with one attached hydrogen (secondary N) is 3. The van der Waals surface area contributed by atoms with E-state index in [0.717, 1.165) is 36.1 Å². The standard InChI is InChI=1S/C13H22N4OS2.HI/c1-14-13(17-8-10-19-2)16-7-4-6-15-12(18)11-5-3-9-20-11;/h3,5,9H,4,6-8,10H2,1-2H3,(H,15,18)(H2,14,16,17);1H. The average Bonchev–Trinajstić information content (AvgIpc) is 2.99. The summed E-state index contributed by atoms with van der Waals surface area (Å²) in [7, 11) is 1.76. The van der Waals surface area contributed by atoms with Crippen LogP contribution in [0.25, 0.3) is 0 Å². The summed E-state index contributed by atoms with van der Waals surface area (Å²) in [5.74, 6) is 1.86. The van der Waals surface area contributed by atoms with E-state index in [1.807, 2.05) is 17.5 Å². The molecule has 8 heteroatoms. The number of carbonyl (C=O) groups excluding carboxylic acids is 1. The van der Waals surface area contributed by atoms with Crippen molar-refractivity contribution in [2.24, 2.45) is 4.99 Å². The van der Waals surface area contributed by atoms with Crippen LogP contribution in [0.5, 0.6) is 0 Å². The monoisotopic (exact) mass is 442 g/mol. The van der Waals surface area contributed by atoms with Gasteiger partial charge in [0.25, 0.3) is 5.91 Å². The molecule has 0 saturated carbocycles. The number of nitrogens with zero attached hydrogens (tertiary/aromatic N) is 1. The second kappa shape index (κ2) is 13.2. The molecule has 120 valence electrons. The maximum atomic E-state index is 11.7. The first-order chi connectivity index (χ1) is 9.77. The van der Waals surface area contributed by atoms with Crippen molar-refractivity contribution in [3.8, 4) is 0 Å². The summed E-state index contributed by atoms with van der Waals surface area (Å²) < 4.78 is 0. The highest BCUT2D eigenvalue weighted by Gasteiger charge is 2.04. The predicted octanol–water partition coefficient (Wildman–Crippen LogP) is 2.01. The summed E-state index contributed by atoms with van der Waals surface area (Å²) in [4.78, 5) is 16.6. The third kappa shape index (κ3) is 9.20. The highest BCUT2D eigenvalue weighted by Crippen LogP contribution is 2.07. The lowest BCUT2D eigenvalue weighted by Crippen LogP contribution is -2.39. The van der Waals surface area contributed by atoms with Gasteiger partial charge in [-0.05, 0) is 24.1 Å². The Morgan fingerprint density at radius 2 is 2.00 bits per heavy atom. The Balaban J connectivity index is 0.00000400. The van der Waals surface area contributed by atoms with Crippen molar-refractivity contribution in [1.82, 2.24) is 16.0 Å². The van der Waals surface area contributed by atoms with Gasteiger partial charge in [-0.15, -0.1) is 35.3 Å². The topological polar surface area (TPSA) is 65.5 Å². The van der Waals surface area contributed by atoms with Gasteiger partial charge in [0.15, 0.2) is 5.96 Å². The number of aliphatic imine (C=N–C) groups is 1.